The molecule has 0 radical (unpaired) electrons. The fraction of sp³-hybridized carbons (Fsp3) is 0.611. The van der Waals surface area contributed by atoms with Gasteiger partial charge in [0.2, 0.25) is 0 Å². The molecule has 1 aromatic carbocycles. The third kappa shape index (κ3) is 8.17. The number of benzene rings is 1. The molecule has 0 aliphatic heterocycles. The van der Waals surface area contributed by atoms with Crippen molar-refractivity contribution in [3.8, 4) is 5.75 Å². The number of aliphatic imine (C=N–C) groups is 1. The van der Waals surface area contributed by atoms with E-state index in [2.05, 4.69) is 40.7 Å². The lowest BCUT2D eigenvalue weighted by molar-refractivity contribution is 0.172. The van der Waals surface area contributed by atoms with E-state index in [-0.39, 0.29) is 0 Å². The van der Waals surface area contributed by atoms with E-state index in [0.29, 0.717) is 19.8 Å². The molecule has 1 aromatic rings. The minimum absolute atomic E-state index is 0.647. The molecule has 0 amide bonds. The van der Waals surface area contributed by atoms with Gasteiger partial charge in [0.1, 0.15) is 5.75 Å². The zero-order chi connectivity index (χ0) is 17.6. The summed E-state index contributed by atoms with van der Waals surface area (Å²) >= 11 is 0. The van der Waals surface area contributed by atoms with Gasteiger partial charge in [0.25, 0.3) is 0 Å². The van der Waals surface area contributed by atoms with Crippen molar-refractivity contribution in [2.75, 3.05) is 47.6 Å². The lowest BCUT2D eigenvalue weighted by Gasteiger charge is -2.15. The molecule has 0 unspecified atom stereocenters. The van der Waals surface area contributed by atoms with Gasteiger partial charge in [0, 0.05) is 59.6 Å². The molecule has 0 aromatic heterocycles. The number of ether oxygens (including phenoxy) is 3. The van der Waals surface area contributed by atoms with E-state index in [1.165, 1.54) is 5.56 Å². The van der Waals surface area contributed by atoms with Crippen LogP contribution in [0.25, 0.3) is 0 Å². The van der Waals surface area contributed by atoms with Crippen molar-refractivity contribution in [1.82, 2.24) is 10.6 Å². The van der Waals surface area contributed by atoms with Crippen LogP contribution in [0.3, 0.4) is 0 Å². The van der Waals surface area contributed by atoms with E-state index in [1.807, 2.05) is 0 Å². The summed E-state index contributed by atoms with van der Waals surface area (Å²) in [4.78, 5) is 4.23. The molecule has 0 saturated carbocycles. The number of nitrogens with zero attached hydrogens (tertiary/aromatic N) is 1. The van der Waals surface area contributed by atoms with Crippen molar-refractivity contribution in [2.24, 2.45) is 4.99 Å². The van der Waals surface area contributed by atoms with Crippen LogP contribution >= 0.6 is 0 Å². The number of methoxy groups -OCH3 is 2. The van der Waals surface area contributed by atoms with Gasteiger partial charge < -0.3 is 24.8 Å². The summed E-state index contributed by atoms with van der Waals surface area (Å²) in [5, 5.41) is 6.58. The van der Waals surface area contributed by atoms with Crippen LogP contribution < -0.4 is 15.4 Å². The van der Waals surface area contributed by atoms with Crippen molar-refractivity contribution >= 4 is 5.96 Å². The largest absolute Gasteiger partial charge is 0.493 e. The molecule has 0 aliphatic rings. The van der Waals surface area contributed by atoms with Gasteiger partial charge in [0.05, 0.1) is 6.61 Å². The number of hydrogen-bond donors (Lipinski definition) is 2. The van der Waals surface area contributed by atoms with Crippen LogP contribution in [0, 0.1) is 6.92 Å². The van der Waals surface area contributed by atoms with E-state index < -0.39 is 0 Å². The standard InChI is InChI=1S/C18H31N3O3/c1-15-7-8-16(17(13-15)24-12-6-11-23-4)14-21-18(19-2)20-9-5-10-22-3/h7-8,13H,5-6,9-12,14H2,1-4H3,(H2,19,20,21). The Labute approximate surface area is 145 Å². The maximum Gasteiger partial charge on any atom is 0.191 e. The topological polar surface area (TPSA) is 64.1 Å². The average Bonchev–Trinajstić information content (AvgIpc) is 2.59. The SMILES string of the molecule is CN=C(NCCCOC)NCc1ccc(C)cc1OCCCOC. The van der Waals surface area contributed by atoms with Gasteiger partial charge in [-0.15, -0.1) is 0 Å². The van der Waals surface area contributed by atoms with Crippen LogP contribution in [-0.4, -0.2) is 53.6 Å². The molecule has 6 nitrogen and oxygen atoms in total. The van der Waals surface area contributed by atoms with Gasteiger partial charge in [-0.1, -0.05) is 12.1 Å². The summed E-state index contributed by atoms with van der Waals surface area (Å²) in [5.41, 5.74) is 2.29. The minimum atomic E-state index is 0.647. The summed E-state index contributed by atoms with van der Waals surface area (Å²) in [7, 11) is 5.18. The highest BCUT2D eigenvalue weighted by Gasteiger charge is 2.06. The van der Waals surface area contributed by atoms with Gasteiger partial charge in [-0.2, -0.15) is 0 Å². The van der Waals surface area contributed by atoms with E-state index in [0.717, 1.165) is 43.3 Å². The van der Waals surface area contributed by atoms with Crippen molar-refractivity contribution in [2.45, 2.75) is 26.3 Å². The second-order valence-corrected chi connectivity index (χ2v) is 5.50. The molecule has 2 N–H and O–H groups in total. The Morgan fingerprint density at radius 1 is 1.04 bits per heavy atom. The maximum atomic E-state index is 5.90. The summed E-state index contributed by atoms with van der Waals surface area (Å²) in [6, 6.07) is 6.25. The number of guanidine groups is 1. The first kappa shape index (κ1) is 20.3. The molecule has 0 atom stereocenters. The van der Waals surface area contributed by atoms with Crippen LogP contribution in [0.1, 0.15) is 24.0 Å². The first-order valence-corrected chi connectivity index (χ1v) is 8.36. The molecule has 1 rings (SSSR count). The number of rotatable bonds is 11. The molecule has 0 saturated heterocycles. The van der Waals surface area contributed by atoms with Crippen LogP contribution in [-0.2, 0) is 16.0 Å². The molecular weight excluding hydrogens is 306 g/mol. The zero-order valence-electron chi connectivity index (χ0n) is 15.4. The molecule has 136 valence electrons. The smallest absolute Gasteiger partial charge is 0.191 e. The van der Waals surface area contributed by atoms with Crippen LogP contribution in [0.4, 0.5) is 0 Å². The highest BCUT2D eigenvalue weighted by Crippen LogP contribution is 2.20. The molecule has 6 heteroatoms. The van der Waals surface area contributed by atoms with Crippen LogP contribution in [0.15, 0.2) is 23.2 Å². The van der Waals surface area contributed by atoms with Crippen molar-refractivity contribution in [3.63, 3.8) is 0 Å². The summed E-state index contributed by atoms with van der Waals surface area (Å²) in [6.45, 7) is 5.63. The van der Waals surface area contributed by atoms with E-state index in [9.17, 15) is 0 Å². The zero-order valence-corrected chi connectivity index (χ0v) is 15.4. The van der Waals surface area contributed by atoms with Crippen molar-refractivity contribution < 1.29 is 14.2 Å². The molecule has 24 heavy (non-hydrogen) atoms. The molecule has 0 fully saturated rings. The average molecular weight is 337 g/mol. The lowest BCUT2D eigenvalue weighted by Crippen LogP contribution is -2.37. The monoisotopic (exact) mass is 337 g/mol. The normalized spacial score (nSPS) is 11.4. The third-order valence-electron chi connectivity index (χ3n) is 3.46. The quantitative estimate of drug-likeness (QED) is 0.368. The summed E-state index contributed by atoms with van der Waals surface area (Å²) in [5.74, 6) is 1.69. The van der Waals surface area contributed by atoms with E-state index in [4.69, 9.17) is 14.2 Å². The van der Waals surface area contributed by atoms with Crippen LogP contribution in [0.2, 0.25) is 0 Å². The molecule has 0 bridgehead atoms. The Bertz CT molecular complexity index is 492. The van der Waals surface area contributed by atoms with Gasteiger partial charge in [-0.3, -0.25) is 4.99 Å². The van der Waals surface area contributed by atoms with Gasteiger partial charge >= 0.3 is 0 Å². The second-order valence-electron chi connectivity index (χ2n) is 5.50. The van der Waals surface area contributed by atoms with E-state index in [1.54, 1.807) is 21.3 Å². The Morgan fingerprint density at radius 2 is 1.79 bits per heavy atom. The molecule has 0 spiro atoms. The van der Waals surface area contributed by atoms with E-state index >= 15 is 0 Å². The molecule has 0 aliphatic carbocycles. The third-order valence-corrected chi connectivity index (χ3v) is 3.46. The highest BCUT2D eigenvalue weighted by atomic mass is 16.5. The van der Waals surface area contributed by atoms with Crippen molar-refractivity contribution in [3.05, 3.63) is 29.3 Å². The molecule has 0 heterocycles. The fourth-order valence-corrected chi connectivity index (χ4v) is 2.15. The Hall–Kier alpha value is -1.79. The second kappa shape index (κ2) is 12.6. The van der Waals surface area contributed by atoms with Gasteiger partial charge in [0.15, 0.2) is 5.96 Å². The predicted molar refractivity (Wildman–Crippen MR) is 97.9 cm³/mol. The fourth-order valence-electron chi connectivity index (χ4n) is 2.15. The van der Waals surface area contributed by atoms with Gasteiger partial charge in [-0.05, 0) is 25.0 Å². The van der Waals surface area contributed by atoms with Gasteiger partial charge in [-0.25, -0.2) is 0 Å². The number of nitrogens with one attached hydrogen (secondary N) is 2. The van der Waals surface area contributed by atoms with Crippen molar-refractivity contribution in [1.29, 1.82) is 0 Å². The van der Waals surface area contributed by atoms with Crippen LogP contribution in [0.5, 0.6) is 5.75 Å². The first-order chi connectivity index (χ1) is 11.7. The number of aryl methyl sites for hydroxylation is 1. The number of hydrogen-bond acceptors (Lipinski definition) is 4. The Balaban J connectivity index is 2.52. The summed E-state index contributed by atoms with van der Waals surface area (Å²) < 4.78 is 16.0. The lowest BCUT2D eigenvalue weighted by atomic mass is 10.1. The summed E-state index contributed by atoms with van der Waals surface area (Å²) in [6.07, 6.45) is 1.82. The first-order valence-electron chi connectivity index (χ1n) is 8.36. The predicted octanol–water partition coefficient (Wildman–Crippen LogP) is 2.11. The minimum Gasteiger partial charge on any atom is -0.493 e. The Kier molecular flexibility index (Phi) is 10.6. The maximum absolute atomic E-state index is 5.90. The molecular formula is C18H31N3O3. The Morgan fingerprint density at radius 3 is 2.50 bits per heavy atom. The highest BCUT2D eigenvalue weighted by molar-refractivity contribution is 5.79.